The second-order valence-corrected chi connectivity index (χ2v) is 8.37. The normalized spacial score (nSPS) is 14.5. The second kappa shape index (κ2) is 7.42. The van der Waals surface area contributed by atoms with Gasteiger partial charge in [0.15, 0.2) is 0 Å². The van der Waals surface area contributed by atoms with Crippen molar-refractivity contribution in [1.29, 1.82) is 0 Å². The van der Waals surface area contributed by atoms with E-state index in [2.05, 4.69) is 25.4 Å². The van der Waals surface area contributed by atoms with Crippen LogP contribution in [-0.2, 0) is 17.5 Å². The van der Waals surface area contributed by atoms with Crippen LogP contribution in [0.1, 0.15) is 54.9 Å². The standard InChI is InChI=1S/C18H17F3N6O2S/c1-8(2)13-14-15(30-16(25-14)9-3-4-9)17(29)27(26-13)6-12(28)24-11-5-10(18(19,20)21)22-7-23-11/h5,7-9H,3-4,6H2,1-2H3,(H,22,23,24,28). The lowest BCUT2D eigenvalue weighted by molar-refractivity contribution is -0.141. The number of aromatic nitrogens is 5. The molecular formula is C18H17F3N6O2S. The fourth-order valence-corrected chi connectivity index (χ4v) is 4.08. The molecule has 0 aliphatic heterocycles. The van der Waals surface area contributed by atoms with E-state index in [1.54, 1.807) is 0 Å². The number of carbonyl (C=O) groups is 1. The summed E-state index contributed by atoms with van der Waals surface area (Å²) >= 11 is 1.31. The fraction of sp³-hybridized carbons (Fsp3) is 0.444. The first-order valence-electron chi connectivity index (χ1n) is 9.24. The first-order valence-corrected chi connectivity index (χ1v) is 10.1. The number of thiazole rings is 1. The third-order valence-electron chi connectivity index (χ3n) is 4.54. The van der Waals surface area contributed by atoms with E-state index >= 15 is 0 Å². The van der Waals surface area contributed by atoms with Gasteiger partial charge in [-0.2, -0.15) is 18.3 Å². The Morgan fingerprint density at radius 3 is 2.70 bits per heavy atom. The molecule has 4 rings (SSSR count). The molecular weight excluding hydrogens is 421 g/mol. The molecule has 3 aromatic heterocycles. The summed E-state index contributed by atoms with van der Waals surface area (Å²) in [6.07, 6.45) is -1.87. The first-order chi connectivity index (χ1) is 14.1. The van der Waals surface area contributed by atoms with Crippen molar-refractivity contribution in [3.8, 4) is 0 Å². The molecule has 0 atom stereocenters. The smallest absolute Gasteiger partial charge is 0.309 e. The van der Waals surface area contributed by atoms with E-state index in [0.29, 0.717) is 34.2 Å². The number of nitrogens with one attached hydrogen (secondary N) is 1. The van der Waals surface area contributed by atoms with E-state index in [4.69, 9.17) is 0 Å². The molecule has 0 aromatic carbocycles. The van der Waals surface area contributed by atoms with E-state index < -0.39 is 29.9 Å². The molecule has 0 spiro atoms. The summed E-state index contributed by atoms with van der Waals surface area (Å²) in [5.41, 5.74) is -0.470. The van der Waals surface area contributed by atoms with Gasteiger partial charge in [-0.05, 0) is 18.8 Å². The number of fused-ring (bicyclic) bond motifs is 1. The molecule has 1 fully saturated rings. The zero-order chi connectivity index (χ0) is 21.6. The quantitative estimate of drug-likeness (QED) is 0.656. The Balaban J connectivity index is 1.62. The number of nitrogens with zero attached hydrogens (tertiary/aromatic N) is 5. The van der Waals surface area contributed by atoms with Gasteiger partial charge in [0.1, 0.15) is 34.6 Å². The summed E-state index contributed by atoms with van der Waals surface area (Å²) < 4.78 is 39.8. The average molecular weight is 438 g/mol. The van der Waals surface area contributed by atoms with Crippen LogP contribution in [0.4, 0.5) is 19.0 Å². The van der Waals surface area contributed by atoms with Crippen molar-refractivity contribution in [1.82, 2.24) is 24.7 Å². The van der Waals surface area contributed by atoms with Gasteiger partial charge in [0.2, 0.25) is 5.91 Å². The molecule has 30 heavy (non-hydrogen) atoms. The van der Waals surface area contributed by atoms with Crippen LogP contribution in [0.3, 0.4) is 0 Å². The molecule has 158 valence electrons. The van der Waals surface area contributed by atoms with E-state index in [1.165, 1.54) is 11.3 Å². The summed E-state index contributed by atoms with van der Waals surface area (Å²) in [5, 5.41) is 7.46. The summed E-state index contributed by atoms with van der Waals surface area (Å²) in [5.74, 6) is -0.696. The zero-order valence-electron chi connectivity index (χ0n) is 16.0. The summed E-state index contributed by atoms with van der Waals surface area (Å²) in [6.45, 7) is 3.36. The Morgan fingerprint density at radius 1 is 1.33 bits per heavy atom. The highest BCUT2D eigenvalue weighted by atomic mass is 32.1. The molecule has 1 N–H and O–H groups in total. The lowest BCUT2D eigenvalue weighted by Gasteiger charge is -2.11. The second-order valence-electron chi connectivity index (χ2n) is 7.34. The van der Waals surface area contributed by atoms with Crippen molar-refractivity contribution in [2.75, 3.05) is 5.32 Å². The van der Waals surface area contributed by atoms with E-state index in [0.717, 1.165) is 22.5 Å². The molecule has 1 aliphatic rings. The number of hydrogen-bond donors (Lipinski definition) is 1. The van der Waals surface area contributed by atoms with Crippen molar-refractivity contribution in [2.45, 2.75) is 51.2 Å². The predicted molar refractivity (Wildman–Crippen MR) is 103 cm³/mol. The minimum absolute atomic E-state index is 0.0345. The summed E-state index contributed by atoms with van der Waals surface area (Å²) in [6, 6.07) is 0.627. The van der Waals surface area contributed by atoms with Gasteiger partial charge < -0.3 is 5.32 Å². The van der Waals surface area contributed by atoms with Crippen LogP contribution in [0.2, 0.25) is 0 Å². The lowest BCUT2D eigenvalue weighted by Crippen LogP contribution is -2.30. The van der Waals surface area contributed by atoms with Crippen LogP contribution in [0.5, 0.6) is 0 Å². The monoisotopic (exact) mass is 438 g/mol. The van der Waals surface area contributed by atoms with Crippen LogP contribution in [0, 0.1) is 0 Å². The third kappa shape index (κ3) is 4.04. The van der Waals surface area contributed by atoms with Crippen molar-refractivity contribution in [2.24, 2.45) is 0 Å². The Labute approximate surface area is 172 Å². The third-order valence-corrected chi connectivity index (χ3v) is 5.74. The lowest BCUT2D eigenvalue weighted by atomic mass is 10.1. The van der Waals surface area contributed by atoms with Crippen LogP contribution in [0.25, 0.3) is 10.2 Å². The van der Waals surface area contributed by atoms with Gasteiger partial charge in [-0.15, -0.1) is 11.3 Å². The molecule has 0 radical (unpaired) electrons. The minimum atomic E-state index is -4.66. The van der Waals surface area contributed by atoms with Gasteiger partial charge in [0.05, 0.1) is 10.7 Å². The Morgan fingerprint density at radius 2 is 2.07 bits per heavy atom. The molecule has 3 heterocycles. The van der Waals surface area contributed by atoms with Crippen molar-refractivity contribution in [3.05, 3.63) is 39.1 Å². The maximum atomic E-state index is 12.8. The SMILES string of the molecule is CC(C)c1nn(CC(=O)Nc2cc(C(F)(F)F)ncn2)c(=O)c2sc(C3CC3)nc12. The highest BCUT2D eigenvalue weighted by molar-refractivity contribution is 7.18. The highest BCUT2D eigenvalue weighted by Crippen LogP contribution is 2.43. The summed E-state index contributed by atoms with van der Waals surface area (Å²) in [4.78, 5) is 36.6. The number of hydrogen-bond acceptors (Lipinski definition) is 7. The average Bonchev–Trinajstić information content (AvgIpc) is 3.42. The largest absolute Gasteiger partial charge is 0.433 e. The number of amides is 1. The van der Waals surface area contributed by atoms with Gasteiger partial charge in [-0.25, -0.2) is 19.6 Å². The van der Waals surface area contributed by atoms with Gasteiger partial charge in [-0.3, -0.25) is 9.59 Å². The van der Waals surface area contributed by atoms with Gasteiger partial charge in [0.25, 0.3) is 5.56 Å². The van der Waals surface area contributed by atoms with E-state index in [-0.39, 0.29) is 11.7 Å². The molecule has 8 nitrogen and oxygen atoms in total. The molecule has 1 saturated carbocycles. The van der Waals surface area contributed by atoms with Crippen LogP contribution in [0.15, 0.2) is 17.2 Å². The topological polar surface area (TPSA) is 103 Å². The molecule has 1 aliphatic carbocycles. The molecule has 3 aromatic rings. The Bertz CT molecular complexity index is 1180. The number of carbonyl (C=O) groups excluding carboxylic acids is 1. The van der Waals surface area contributed by atoms with Gasteiger partial charge in [-0.1, -0.05) is 13.8 Å². The van der Waals surface area contributed by atoms with Crippen molar-refractivity contribution in [3.63, 3.8) is 0 Å². The molecule has 1 amide bonds. The molecule has 12 heteroatoms. The number of alkyl halides is 3. The van der Waals surface area contributed by atoms with Crippen LogP contribution in [-0.4, -0.2) is 30.6 Å². The van der Waals surface area contributed by atoms with E-state index in [1.807, 2.05) is 13.8 Å². The summed E-state index contributed by atoms with van der Waals surface area (Å²) in [7, 11) is 0. The first kappa shape index (κ1) is 20.4. The Kier molecular flexibility index (Phi) is 5.04. The molecule has 0 bridgehead atoms. The minimum Gasteiger partial charge on any atom is -0.309 e. The van der Waals surface area contributed by atoms with Crippen LogP contribution < -0.4 is 10.9 Å². The molecule has 0 saturated heterocycles. The van der Waals surface area contributed by atoms with Gasteiger partial charge >= 0.3 is 6.18 Å². The van der Waals surface area contributed by atoms with E-state index in [9.17, 15) is 22.8 Å². The fourth-order valence-electron chi connectivity index (χ4n) is 2.90. The number of anilines is 1. The highest BCUT2D eigenvalue weighted by Gasteiger charge is 2.33. The maximum absolute atomic E-state index is 12.8. The molecule has 0 unspecified atom stereocenters. The van der Waals surface area contributed by atoms with Gasteiger partial charge in [0, 0.05) is 12.0 Å². The van der Waals surface area contributed by atoms with Crippen molar-refractivity contribution >= 4 is 33.3 Å². The number of halogens is 3. The Hall–Kier alpha value is -2.89. The van der Waals surface area contributed by atoms with Crippen LogP contribution >= 0.6 is 11.3 Å². The van der Waals surface area contributed by atoms with Crippen molar-refractivity contribution < 1.29 is 18.0 Å². The zero-order valence-corrected chi connectivity index (χ0v) is 16.8. The number of rotatable bonds is 5. The predicted octanol–water partition coefficient (Wildman–Crippen LogP) is 3.30. The maximum Gasteiger partial charge on any atom is 0.433 e.